The number of amides is 1. The Kier molecular flexibility index (Phi) is 5.61. The largest absolute Gasteiger partial charge is 0.497 e. The van der Waals surface area contributed by atoms with Crippen molar-refractivity contribution in [1.29, 1.82) is 0 Å². The number of anilines is 1. The van der Waals surface area contributed by atoms with Crippen LogP contribution in [-0.2, 0) is 4.79 Å². The Bertz CT molecular complexity index is 685. The molecule has 0 heterocycles. The lowest BCUT2D eigenvalue weighted by Gasteiger charge is -2.06. The number of benzene rings is 2. The SMILES string of the molecule is COc1cccc(C(=O)CSc2cccc(NC(C)=O)c2)c1. The Labute approximate surface area is 133 Å². The predicted octanol–water partition coefficient (Wildman–Crippen LogP) is 3.63. The summed E-state index contributed by atoms with van der Waals surface area (Å²) in [5.74, 6) is 0.920. The molecule has 0 saturated heterocycles. The van der Waals surface area contributed by atoms with Crippen molar-refractivity contribution >= 4 is 29.1 Å². The minimum absolute atomic E-state index is 0.0360. The fourth-order valence-corrected chi connectivity index (χ4v) is 2.75. The van der Waals surface area contributed by atoms with Gasteiger partial charge in [-0.1, -0.05) is 18.2 Å². The molecular weight excluding hydrogens is 298 g/mol. The van der Waals surface area contributed by atoms with E-state index in [1.165, 1.54) is 18.7 Å². The van der Waals surface area contributed by atoms with Gasteiger partial charge in [0.2, 0.25) is 5.91 Å². The Morgan fingerprint density at radius 2 is 1.91 bits per heavy atom. The summed E-state index contributed by atoms with van der Waals surface area (Å²) in [6.07, 6.45) is 0. The van der Waals surface area contributed by atoms with Crippen LogP contribution in [0.25, 0.3) is 0 Å². The van der Waals surface area contributed by atoms with Gasteiger partial charge in [0.05, 0.1) is 12.9 Å². The molecule has 0 radical (unpaired) electrons. The van der Waals surface area contributed by atoms with E-state index in [1.807, 2.05) is 24.3 Å². The first-order valence-electron chi connectivity index (χ1n) is 6.76. The van der Waals surface area contributed by atoms with E-state index in [2.05, 4.69) is 5.32 Å². The van der Waals surface area contributed by atoms with E-state index in [0.29, 0.717) is 17.1 Å². The summed E-state index contributed by atoms with van der Waals surface area (Å²) >= 11 is 1.44. The maximum Gasteiger partial charge on any atom is 0.221 e. The average molecular weight is 315 g/mol. The van der Waals surface area contributed by atoms with Gasteiger partial charge in [-0.05, 0) is 30.3 Å². The van der Waals surface area contributed by atoms with Crippen molar-refractivity contribution in [2.45, 2.75) is 11.8 Å². The maximum atomic E-state index is 12.2. The van der Waals surface area contributed by atoms with Crippen molar-refractivity contribution in [3.05, 3.63) is 54.1 Å². The van der Waals surface area contributed by atoms with E-state index in [9.17, 15) is 9.59 Å². The topological polar surface area (TPSA) is 55.4 Å². The van der Waals surface area contributed by atoms with Gasteiger partial charge in [0.15, 0.2) is 5.78 Å². The van der Waals surface area contributed by atoms with Crippen LogP contribution < -0.4 is 10.1 Å². The molecule has 22 heavy (non-hydrogen) atoms. The van der Waals surface area contributed by atoms with E-state index >= 15 is 0 Å². The molecule has 1 amide bonds. The molecule has 1 N–H and O–H groups in total. The van der Waals surface area contributed by atoms with Crippen LogP contribution in [0.5, 0.6) is 5.75 Å². The van der Waals surface area contributed by atoms with Crippen LogP contribution in [0.4, 0.5) is 5.69 Å². The minimum atomic E-state index is -0.116. The molecule has 0 aromatic heterocycles. The second-order valence-corrected chi connectivity index (χ2v) is 5.70. The highest BCUT2D eigenvalue weighted by atomic mass is 32.2. The standard InChI is InChI=1S/C17H17NO3S/c1-12(19)18-14-6-4-8-16(10-14)22-11-17(20)13-5-3-7-15(9-13)21-2/h3-10H,11H2,1-2H3,(H,18,19). The average Bonchev–Trinajstić information content (AvgIpc) is 2.52. The third kappa shape index (κ3) is 4.63. The lowest BCUT2D eigenvalue weighted by molar-refractivity contribution is -0.114. The Balaban J connectivity index is 2.00. The number of nitrogens with one attached hydrogen (secondary N) is 1. The van der Waals surface area contributed by atoms with Gasteiger partial charge in [-0.2, -0.15) is 0 Å². The molecule has 2 rings (SSSR count). The van der Waals surface area contributed by atoms with Crippen LogP contribution in [0, 0.1) is 0 Å². The second kappa shape index (κ2) is 7.66. The molecule has 0 aliphatic heterocycles. The maximum absolute atomic E-state index is 12.2. The molecular formula is C17H17NO3S. The van der Waals surface area contributed by atoms with Crippen molar-refractivity contribution in [2.24, 2.45) is 0 Å². The number of ether oxygens (including phenoxy) is 1. The summed E-state index contributed by atoms with van der Waals surface area (Å²) in [6.45, 7) is 1.46. The lowest BCUT2D eigenvalue weighted by Crippen LogP contribution is -2.05. The van der Waals surface area contributed by atoms with Crippen LogP contribution in [0.15, 0.2) is 53.4 Å². The Hall–Kier alpha value is -2.27. The van der Waals surface area contributed by atoms with Gasteiger partial charge >= 0.3 is 0 Å². The number of rotatable bonds is 6. The fourth-order valence-electron chi connectivity index (χ4n) is 1.90. The van der Waals surface area contributed by atoms with Gasteiger partial charge in [-0.25, -0.2) is 0 Å². The molecule has 0 aliphatic rings. The second-order valence-electron chi connectivity index (χ2n) is 4.65. The molecule has 0 saturated carbocycles. The molecule has 4 nitrogen and oxygen atoms in total. The van der Waals surface area contributed by atoms with E-state index in [0.717, 1.165) is 10.6 Å². The van der Waals surface area contributed by atoms with Gasteiger partial charge in [0, 0.05) is 23.1 Å². The summed E-state index contributed by atoms with van der Waals surface area (Å²) in [4.78, 5) is 24.2. The predicted molar refractivity (Wildman–Crippen MR) is 88.8 cm³/mol. The number of methoxy groups -OCH3 is 1. The number of hydrogen-bond acceptors (Lipinski definition) is 4. The summed E-state index contributed by atoms with van der Waals surface area (Å²) in [6, 6.07) is 14.5. The highest BCUT2D eigenvalue weighted by Gasteiger charge is 2.08. The number of carbonyl (C=O) groups is 2. The van der Waals surface area contributed by atoms with Crippen LogP contribution in [-0.4, -0.2) is 24.6 Å². The van der Waals surface area contributed by atoms with E-state index in [4.69, 9.17) is 4.74 Å². The van der Waals surface area contributed by atoms with Crippen LogP contribution in [0.3, 0.4) is 0 Å². The molecule has 0 atom stereocenters. The van der Waals surface area contributed by atoms with Crippen LogP contribution in [0.1, 0.15) is 17.3 Å². The third-order valence-corrected chi connectivity index (χ3v) is 3.91. The Morgan fingerprint density at radius 3 is 2.64 bits per heavy atom. The van der Waals surface area contributed by atoms with Gasteiger partial charge in [0.1, 0.15) is 5.75 Å². The first kappa shape index (κ1) is 16.1. The summed E-state index contributed by atoms with van der Waals surface area (Å²) in [5, 5.41) is 2.73. The molecule has 5 heteroatoms. The Morgan fingerprint density at radius 1 is 1.14 bits per heavy atom. The highest BCUT2D eigenvalue weighted by molar-refractivity contribution is 8.00. The van der Waals surface area contributed by atoms with Crippen molar-refractivity contribution in [2.75, 3.05) is 18.2 Å². The van der Waals surface area contributed by atoms with E-state index in [1.54, 1.807) is 31.4 Å². The quantitative estimate of drug-likeness (QED) is 0.653. The molecule has 0 aliphatic carbocycles. The zero-order valence-electron chi connectivity index (χ0n) is 12.5. The normalized spacial score (nSPS) is 10.1. The van der Waals surface area contributed by atoms with Crippen molar-refractivity contribution in [3.8, 4) is 5.75 Å². The van der Waals surface area contributed by atoms with Crippen LogP contribution >= 0.6 is 11.8 Å². The monoisotopic (exact) mass is 315 g/mol. The summed E-state index contributed by atoms with van der Waals surface area (Å²) in [5.41, 5.74) is 1.36. The molecule has 0 fully saturated rings. The van der Waals surface area contributed by atoms with Crippen LogP contribution in [0.2, 0.25) is 0 Å². The van der Waals surface area contributed by atoms with Crippen molar-refractivity contribution in [1.82, 2.24) is 0 Å². The molecule has 2 aromatic rings. The molecule has 2 aromatic carbocycles. The highest BCUT2D eigenvalue weighted by Crippen LogP contribution is 2.23. The fraction of sp³-hybridized carbons (Fsp3) is 0.176. The minimum Gasteiger partial charge on any atom is -0.497 e. The number of hydrogen-bond donors (Lipinski definition) is 1. The van der Waals surface area contributed by atoms with Gasteiger partial charge in [0.25, 0.3) is 0 Å². The van der Waals surface area contributed by atoms with Crippen molar-refractivity contribution < 1.29 is 14.3 Å². The number of thioether (sulfide) groups is 1. The summed E-state index contributed by atoms with van der Waals surface area (Å²) in [7, 11) is 1.58. The molecule has 114 valence electrons. The zero-order chi connectivity index (χ0) is 15.9. The molecule has 0 bridgehead atoms. The smallest absolute Gasteiger partial charge is 0.221 e. The lowest BCUT2D eigenvalue weighted by atomic mass is 10.1. The van der Waals surface area contributed by atoms with Gasteiger partial charge < -0.3 is 10.1 Å². The summed E-state index contributed by atoms with van der Waals surface area (Å²) < 4.78 is 5.12. The van der Waals surface area contributed by atoms with Crippen molar-refractivity contribution in [3.63, 3.8) is 0 Å². The number of ketones is 1. The number of Topliss-reactive ketones (excluding diaryl/α,β-unsaturated/α-hetero) is 1. The first-order chi connectivity index (χ1) is 10.6. The van der Waals surface area contributed by atoms with E-state index in [-0.39, 0.29) is 11.7 Å². The van der Waals surface area contributed by atoms with Gasteiger partial charge in [-0.15, -0.1) is 11.8 Å². The zero-order valence-corrected chi connectivity index (χ0v) is 13.3. The van der Waals surface area contributed by atoms with Gasteiger partial charge in [-0.3, -0.25) is 9.59 Å². The first-order valence-corrected chi connectivity index (χ1v) is 7.75. The molecule has 0 unspecified atom stereocenters. The number of carbonyl (C=O) groups excluding carboxylic acids is 2. The van der Waals surface area contributed by atoms with E-state index < -0.39 is 0 Å². The third-order valence-electron chi connectivity index (χ3n) is 2.92. The molecule has 0 spiro atoms.